The van der Waals surface area contributed by atoms with Crippen molar-refractivity contribution >= 4 is 18.2 Å². The van der Waals surface area contributed by atoms with Crippen LogP contribution in [0.5, 0.6) is 0 Å². The maximum atomic E-state index is 4.34. The highest BCUT2D eigenvalue weighted by molar-refractivity contribution is 5.85. The fourth-order valence-electron chi connectivity index (χ4n) is 1.68. The molecule has 0 fully saturated rings. The Labute approximate surface area is 107 Å². The lowest BCUT2D eigenvalue weighted by Gasteiger charge is -2.03. The van der Waals surface area contributed by atoms with E-state index in [2.05, 4.69) is 22.4 Å². The van der Waals surface area contributed by atoms with Crippen molar-refractivity contribution in [3.63, 3.8) is 0 Å². The SMILES string of the molecule is Cc1cn(C)nc1NCc1cnn(C)c1C.Cl. The molecule has 2 aromatic heterocycles. The van der Waals surface area contributed by atoms with Gasteiger partial charge in [-0.3, -0.25) is 9.36 Å². The monoisotopic (exact) mass is 255 g/mol. The minimum atomic E-state index is 0. The smallest absolute Gasteiger partial charge is 0.151 e. The van der Waals surface area contributed by atoms with Gasteiger partial charge in [0.05, 0.1) is 6.20 Å². The Hall–Kier alpha value is -1.49. The predicted octanol–water partition coefficient (Wildman–Crippen LogP) is 1.80. The molecule has 2 aromatic rings. The minimum Gasteiger partial charge on any atom is -0.364 e. The molecule has 5 nitrogen and oxygen atoms in total. The van der Waals surface area contributed by atoms with Crippen LogP contribution in [0.1, 0.15) is 16.8 Å². The summed E-state index contributed by atoms with van der Waals surface area (Å²) in [6.45, 7) is 4.87. The van der Waals surface area contributed by atoms with Crippen molar-refractivity contribution in [1.82, 2.24) is 19.6 Å². The average molecular weight is 256 g/mol. The molecule has 0 aliphatic rings. The number of nitrogens with one attached hydrogen (secondary N) is 1. The van der Waals surface area contributed by atoms with Crippen molar-refractivity contribution in [2.75, 3.05) is 5.32 Å². The van der Waals surface area contributed by atoms with Crippen molar-refractivity contribution in [3.8, 4) is 0 Å². The maximum Gasteiger partial charge on any atom is 0.151 e. The standard InChI is InChI=1S/C11H17N5.ClH/c1-8-7-15(3)14-11(8)12-5-10-6-13-16(4)9(10)2;/h6-7H,5H2,1-4H3,(H,12,14);1H. The van der Waals surface area contributed by atoms with Crippen LogP contribution >= 0.6 is 12.4 Å². The topological polar surface area (TPSA) is 47.7 Å². The van der Waals surface area contributed by atoms with Crippen LogP contribution in [-0.4, -0.2) is 19.6 Å². The van der Waals surface area contributed by atoms with Crippen LogP contribution in [0.4, 0.5) is 5.82 Å². The van der Waals surface area contributed by atoms with Crippen LogP contribution in [0.15, 0.2) is 12.4 Å². The Kier molecular flexibility index (Phi) is 4.17. The van der Waals surface area contributed by atoms with E-state index in [-0.39, 0.29) is 12.4 Å². The highest BCUT2D eigenvalue weighted by atomic mass is 35.5. The third-order valence-electron chi connectivity index (χ3n) is 2.79. The lowest BCUT2D eigenvalue weighted by molar-refractivity contribution is 0.738. The van der Waals surface area contributed by atoms with Gasteiger partial charge in [0.1, 0.15) is 0 Å². The fourth-order valence-corrected chi connectivity index (χ4v) is 1.68. The van der Waals surface area contributed by atoms with E-state index >= 15 is 0 Å². The molecule has 0 bridgehead atoms. The molecule has 0 amide bonds. The van der Waals surface area contributed by atoms with E-state index in [0.29, 0.717) is 0 Å². The van der Waals surface area contributed by atoms with Gasteiger partial charge in [0.2, 0.25) is 0 Å². The number of aromatic nitrogens is 4. The normalized spacial score (nSPS) is 10.1. The Morgan fingerprint density at radius 2 is 2.00 bits per heavy atom. The molecule has 0 aliphatic heterocycles. The first-order chi connectivity index (χ1) is 7.58. The summed E-state index contributed by atoms with van der Waals surface area (Å²) in [5.41, 5.74) is 3.54. The summed E-state index contributed by atoms with van der Waals surface area (Å²) in [7, 11) is 3.87. The second-order valence-corrected chi connectivity index (χ2v) is 4.07. The Morgan fingerprint density at radius 3 is 2.47 bits per heavy atom. The molecule has 0 radical (unpaired) electrons. The van der Waals surface area contributed by atoms with Crippen LogP contribution in [0.25, 0.3) is 0 Å². The molecule has 94 valence electrons. The van der Waals surface area contributed by atoms with Crippen LogP contribution in [0.3, 0.4) is 0 Å². The molecule has 6 heteroatoms. The largest absolute Gasteiger partial charge is 0.364 e. The van der Waals surface area contributed by atoms with Crippen molar-refractivity contribution in [2.45, 2.75) is 20.4 Å². The molecule has 1 N–H and O–H groups in total. The Balaban J connectivity index is 0.00000144. The van der Waals surface area contributed by atoms with Gasteiger partial charge < -0.3 is 5.32 Å². The first-order valence-corrected chi connectivity index (χ1v) is 5.29. The molecule has 0 aliphatic carbocycles. The van der Waals surface area contributed by atoms with Gasteiger partial charge in [-0.15, -0.1) is 12.4 Å². The van der Waals surface area contributed by atoms with Crippen molar-refractivity contribution in [3.05, 3.63) is 29.2 Å². The second kappa shape index (κ2) is 5.23. The highest BCUT2D eigenvalue weighted by Gasteiger charge is 2.06. The third kappa shape index (κ3) is 2.79. The molecular weight excluding hydrogens is 238 g/mol. The molecule has 2 heterocycles. The zero-order valence-corrected chi connectivity index (χ0v) is 11.4. The van der Waals surface area contributed by atoms with Crippen LogP contribution in [-0.2, 0) is 20.6 Å². The number of anilines is 1. The van der Waals surface area contributed by atoms with Crippen molar-refractivity contribution in [1.29, 1.82) is 0 Å². The van der Waals surface area contributed by atoms with E-state index in [0.717, 1.165) is 17.9 Å². The predicted molar refractivity (Wildman–Crippen MR) is 70.5 cm³/mol. The van der Waals surface area contributed by atoms with Gasteiger partial charge in [-0.2, -0.15) is 10.2 Å². The van der Waals surface area contributed by atoms with E-state index in [1.807, 2.05) is 42.8 Å². The van der Waals surface area contributed by atoms with E-state index in [1.54, 1.807) is 0 Å². The van der Waals surface area contributed by atoms with Crippen molar-refractivity contribution in [2.24, 2.45) is 14.1 Å². The summed E-state index contributed by atoms with van der Waals surface area (Å²) in [5.74, 6) is 0.936. The zero-order chi connectivity index (χ0) is 11.7. The van der Waals surface area contributed by atoms with Crippen molar-refractivity contribution < 1.29 is 0 Å². The van der Waals surface area contributed by atoms with Gasteiger partial charge in [-0.05, 0) is 13.8 Å². The van der Waals surface area contributed by atoms with Crippen LogP contribution in [0.2, 0.25) is 0 Å². The average Bonchev–Trinajstić information content (AvgIpc) is 2.70. The summed E-state index contributed by atoms with van der Waals surface area (Å²) in [6.07, 6.45) is 3.89. The third-order valence-corrected chi connectivity index (χ3v) is 2.79. The van der Waals surface area contributed by atoms with E-state index < -0.39 is 0 Å². The second-order valence-electron chi connectivity index (χ2n) is 4.07. The molecular formula is C11H18ClN5. The van der Waals surface area contributed by atoms with E-state index in [1.165, 1.54) is 11.3 Å². The first-order valence-electron chi connectivity index (χ1n) is 5.29. The number of rotatable bonds is 3. The summed E-state index contributed by atoms with van der Waals surface area (Å²) >= 11 is 0. The number of halogens is 1. The highest BCUT2D eigenvalue weighted by Crippen LogP contribution is 2.13. The Bertz CT molecular complexity index is 498. The van der Waals surface area contributed by atoms with E-state index in [4.69, 9.17) is 0 Å². The van der Waals surface area contributed by atoms with Gasteiger partial charge >= 0.3 is 0 Å². The number of nitrogens with zero attached hydrogens (tertiary/aromatic N) is 4. The zero-order valence-electron chi connectivity index (χ0n) is 10.6. The number of aryl methyl sites for hydroxylation is 3. The van der Waals surface area contributed by atoms with Gasteiger partial charge in [0.15, 0.2) is 5.82 Å². The molecule has 0 atom stereocenters. The number of hydrogen-bond acceptors (Lipinski definition) is 3. The first kappa shape index (κ1) is 13.6. The summed E-state index contributed by atoms with van der Waals surface area (Å²) in [5, 5.41) is 11.9. The summed E-state index contributed by atoms with van der Waals surface area (Å²) in [4.78, 5) is 0. The summed E-state index contributed by atoms with van der Waals surface area (Å²) < 4.78 is 3.69. The Morgan fingerprint density at radius 1 is 1.29 bits per heavy atom. The molecule has 0 saturated carbocycles. The lowest BCUT2D eigenvalue weighted by Crippen LogP contribution is -2.03. The quantitative estimate of drug-likeness (QED) is 0.910. The van der Waals surface area contributed by atoms with Gasteiger partial charge in [-0.1, -0.05) is 0 Å². The van der Waals surface area contributed by atoms with Gasteiger partial charge in [0.25, 0.3) is 0 Å². The molecule has 0 unspecified atom stereocenters. The molecule has 2 rings (SSSR count). The summed E-state index contributed by atoms with van der Waals surface area (Å²) in [6, 6.07) is 0. The molecule has 0 saturated heterocycles. The minimum absolute atomic E-state index is 0. The van der Waals surface area contributed by atoms with Gasteiger partial charge in [0, 0.05) is 43.7 Å². The lowest BCUT2D eigenvalue weighted by atomic mass is 10.2. The number of hydrogen-bond donors (Lipinski definition) is 1. The van der Waals surface area contributed by atoms with E-state index in [9.17, 15) is 0 Å². The van der Waals surface area contributed by atoms with Crippen LogP contribution < -0.4 is 5.32 Å². The molecule has 0 spiro atoms. The fraction of sp³-hybridized carbons (Fsp3) is 0.455. The van der Waals surface area contributed by atoms with Gasteiger partial charge in [-0.25, -0.2) is 0 Å². The molecule has 17 heavy (non-hydrogen) atoms. The van der Waals surface area contributed by atoms with Crippen LogP contribution in [0, 0.1) is 13.8 Å². The maximum absolute atomic E-state index is 4.34. The molecule has 0 aromatic carbocycles.